The van der Waals surface area contributed by atoms with Crippen LogP contribution in [0.1, 0.15) is 143 Å². The molecule has 2 saturated carbocycles. The molecule has 0 N–H and O–H groups in total. The van der Waals surface area contributed by atoms with Gasteiger partial charge in [0.2, 0.25) is 5.71 Å². The van der Waals surface area contributed by atoms with E-state index in [9.17, 15) is 0 Å². The molecule has 2 aliphatic carbocycles. The van der Waals surface area contributed by atoms with Crippen LogP contribution in [0.3, 0.4) is 0 Å². The number of hydrogen-bond acceptors (Lipinski definition) is 5. The van der Waals surface area contributed by atoms with Crippen LogP contribution in [-0.2, 0) is 21.7 Å². The minimum absolute atomic E-state index is 0.0184. The molecule has 402 valence electrons. The minimum Gasteiger partial charge on any atom is -0.456 e. The molecule has 3 aromatic heterocycles. The molecular formula is C74H71BN4O2. The summed E-state index contributed by atoms with van der Waals surface area (Å²) in [5.41, 5.74) is 24.1. The van der Waals surface area contributed by atoms with Crippen LogP contribution in [0, 0.1) is 0 Å². The first kappa shape index (κ1) is 48.1. The van der Waals surface area contributed by atoms with Gasteiger partial charge in [-0.15, -0.1) is 0 Å². The number of fused-ring (bicyclic) bond motifs is 18. The number of para-hydroxylation sites is 3. The molecule has 81 heavy (non-hydrogen) atoms. The van der Waals surface area contributed by atoms with Crippen molar-refractivity contribution in [1.29, 1.82) is 0 Å². The maximum absolute atomic E-state index is 7.20. The zero-order valence-electron chi connectivity index (χ0n) is 48.8. The van der Waals surface area contributed by atoms with Crippen LogP contribution in [0.4, 0.5) is 39.8 Å². The second kappa shape index (κ2) is 15.7. The Kier molecular flexibility index (Phi) is 9.31. The van der Waals surface area contributed by atoms with Crippen LogP contribution in [0.2, 0.25) is 0 Å². The largest absolute Gasteiger partial charge is 0.456 e. The number of benzene rings is 8. The monoisotopic (exact) mass is 1060 g/mol. The minimum atomic E-state index is -0.193. The third-order valence-electron chi connectivity index (χ3n) is 22.2. The summed E-state index contributed by atoms with van der Waals surface area (Å²) in [7, 11) is 0. The molecule has 7 heteroatoms. The highest BCUT2D eigenvalue weighted by molar-refractivity contribution is 7.00. The van der Waals surface area contributed by atoms with E-state index in [1.165, 1.54) is 127 Å². The zero-order valence-corrected chi connectivity index (χ0v) is 48.8. The fraction of sp³-hybridized carbons (Fsp3) is 0.324. The molecule has 4 aliphatic heterocycles. The van der Waals surface area contributed by atoms with E-state index in [2.05, 4.69) is 240 Å². The summed E-state index contributed by atoms with van der Waals surface area (Å²) < 4.78 is 16.6. The summed E-state index contributed by atoms with van der Waals surface area (Å²) in [6.07, 6.45) is 9.44. The molecule has 0 amide bonds. The summed E-state index contributed by atoms with van der Waals surface area (Å²) >= 11 is 0. The lowest BCUT2D eigenvalue weighted by atomic mass is 9.33. The molecule has 2 fully saturated rings. The first-order valence-electron chi connectivity index (χ1n) is 30.3. The molecule has 17 rings (SSSR count). The molecule has 0 spiro atoms. The standard InChI is InChI=1S/C74H71BN4O2/c1-69(2,3)44-29-33-55-51(39-44)71(7)35-15-17-37-73(71,9)78(55)46-31-32-53-58(41-46)76(57-25-20-28-63-65(57)49-22-12-13-26-61(49)80-63)59-42-47(79-56-34-30-45(70(4,5)6)40-52(56)72(8)36-16-18-38-74(72,79)10)43-60-66(59)75(53)54-24-19-23-50-64-48-21-11-14-27-62(48)81-68(64)77(60)67(50)54/h11-14,19-34,39-43H,15-18,35-38H2,1-10H3. The number of anilines is 7. The Bertz CT molecular complexity index is 4580. The summed E-state index contributed by atoms with van der Waals surface area (Å²) in [5.74, 6) is 0. The van der Waals surface area contributed by atoms with Crippen LogP contribution >= 0.6 is 0 Å². The number of hydrogen-bond donors (Lipinski definition) is 0. The number of nitrogens with zero attached hydrogens (tertiary/aromatic N) is 4. The van der Waals surface area contributed by atoms with Crippen molar-refractivity contribution in [1.82, 2.24) is 4.57 Å². The van der Waals surface area contributed by atoms with Gasteiger partial charge in [-0.1, -0.05) is 172 Å². The van der Waals surface area contributed by atoms with E-state index in [4.69, 9.17) is 8.83 Å². The maximum atomic E-state index is 7.20. The SMILES string of the molecule is CC(C)(C)c1ccc2c(c1)C1(C)CCCCC1(C)N2c1ccc2c(c1)N(c1cccc3oc4ccccc4c13)c1cc(N3c4ccc(C(C)(C)C)cc4C4(C)CCCCC34C)cc3c1B2c1cccc2c4c5ccccc5oc4n-3c12. The second-order valence-corrected chi connectivity index (χ2v) is 28.3. The highest BCUT2D eigenvalue weighted by atomic mass is 16.3. The Morgan fingerprint density at radius 1 is 0.432 bits per heavy atom. The Labute approximate surface area is 476 Å². The van der Waals surface area contributed by atoms with Crippen LogP contribution in [0.5, 0.6) is 0 Å². The van der Waals surface area contributed by atoms with Gasteiger partial charge in [0.05, 0.1) is 33.1 Å². The van der Waals surface area contributed by atoms with Gasteiger partial charge < -0.3 is 23.5 Å². The third kappa shape index (κ3) is 5.95. The van der Waals surface area contributed by atoms with Crippen molar-refractivity contribution in [3.05, 3.63) is 174 Å². The summed E-state index contributed by atoms with van der Waals surface area (Å²) in [4.78, 5) is 8.28. The fourth-order valence-electron chi connectivity index (χ4n) is 17.6. The number of aromatic nitrogens is 1. The molecule has 4 atom stereocenters. The topological polar surface area (TPSA) is 40.9 Å². The number of rotatable bonds is 3. The highest BCUT2D eigenvalue weighted by Gasteiger charge is 2.60. The Morgan fingerprint density at radius 2 is 0.975 bits per heavy atom. The van der Waals surface area contributed by atoms with Gasteiger partial charge >= 0.3 is 0 Å². The van der Waals surface area contributed by atoms with Gasteiger partial charge in [-0.25, -0.2) is 0 Å². The summed E-state index contributed by atoms with van der Waals surface area (Å²) in [5, 5.41) is 5.82. The van der Waals surface area contributed by atoms with Crippen molar-refractivity contribution in [2.24, 2.45) is 0 Å². The van der Waals surface area contributed by atoms with Crippen molar-refractivity contribution >= 4 is 118 Å². The molecule has 0 saturated heterocycles. The van der Waals surface area contributed by atoms with E-state index in [1.54, 1.807) is 0 Å². The quantitative estimate of drug-likeness (QED) is 0.165. The fourth-order valence-corrected chi connectivity index (χ4v) is 17.6. The van der Waals surface area contributed by atoms with Gasteiger partial charge in [-0.05, 0) is 150 Å². The van der Waals surface area contributed by atoms with Crippen molar-refractivity contribution in [3.63, 3.8) is 0 Å². The lowest BCUT2D eigenvalue weighted by molar-refractivity contribution is 0.195. The first-order chi connectivity index (χ1) is 38.9. The Balaban J connectivity index is 1.01. The molecule has 7 heterocycles. The Hall–Kier alpha value is -7.64. The van der Waals surface area contributed by atoms with E-state index in [0.717, 1.165) is 63.6 Å². The highest BCUT2D eigenvalue weighted by Crippen LogP contribution is 2.64. The lowest BCUT2D eigenvalue weighted by Crippen LogP contribution is -2.61. The maximum Gasteiger partial charge on any atom is 0.252 e. The van der Waals surface area contributed by atoms with Gasteiger partial charge in [-0.2, -0.15) is 0 Å². The predicted octanol–water partition coefficient (Wildman–Crippen LogP) is 18.1. The zero-order chi connectivity index (χ0) is 55.1. The van der Waals surface area contributed by atoms with E-state index >= 15 is 0 Å². The lowest BCUT2D eigenvalue weighted by Gasteiger charge is -2.51. The molecule has 6 aliphatic rings. The van der Waals surface area contributed by atoms with Gasteiger partial charge in [0.15, 0.2) is 0 Å². The first-order valence-corrected chi connectivity index (χ1v) is 30.3. The van der Waals surface area contributed by atoms with Gasteiger partial charge in [0, 0.05) is 66.8 Å². The molecule has 0 radical (unpaired) electrons. The van der Waals surface area contributed by atoms with Crippen molar-refractivity contribution in [2.75, 3.05) is 14.7 Å². The smallest absolute Gasteiger partial charge is 0.252 e. The van der Waals surface area contributed by atoms with Crippen molar-refractivity contribution in [3.8, 4) is 5.69 Å². The summed E-state index contributed by atoms with van der Waals surface area (Å²) in [6, 6.07) is 58.9. The van der Waals surface area contributed by atoms with E-state index in [-0.39, 0.29) is 39.5 Å². The molecule has 0 bridgehead atoms. The molecule has 11 aromatic rings. The Morgan fingerprint density at radius 3 is 1.63 bits per heavy atom. The molecular weight excluding hydrogens is 988 g/mol. The van der Waals surface area contributed by atoms with Crippen molar-refractivity contribution < 1.29 is 8.83 Å². The summed E-state index contributed by atoms with van der Waals surface area (Å²) in [6.45, 7) is 24.5. The predicted molar refractivity (Wildman–Crippen MR) is 340 cm³/mol. The van der Waals surface area contributed by atoms with Crippen molar-refractivity contribution in [2.45, 2.75) is 153 Å². The normalized spacial score (nSPS) is 23.6. The van der Waals surface area contributed by atoms with Crippen LogP contribution in [0.25, 0.3) is 60.6 Å². The molecule has 6 nitrogen and oxygen atoms in total. The van der Waals surface area contributed by atoms with Crippen LogP contribution < -0.4 is 31.1 Å². The molecule has 4 unspecified atom stereocenters. The second-order valence-electron chi connectivity index (χ2n) is 28.3. The number of furan rings is 2. The van der Waals surface area contributed by atoms with Crippen LogP contribution in [-0.4, -0.2) is 22.4 Å². The molecule has 8 aromatic carbocycles. The van der Waals surface area contributed by atoms with Gasteiger partial charge in [0.25, 0.3) is 6.71 Å². The van der Waals surface area contributed by atoms with Gasteiger partial charge in [0.1, 0.15) is 16.7 Å². The van der Waals surface area contributed by atoms with E-state index in [0.29, 0.717) is 0 Å². The third-order valence-corrected chi connectivity index (χ3v) is 22.2. The van der Waals surface area contributed by atoms with Gasteiger partial charge in [-0.3, -0.25) is 4.57 Å². The van der Waals surface area contributed by atoms with Crippen LogP contribution in [0.15, 0.2) is 160 Å². The average molecular weight is 1060 g/mol. The van der Waals surface area contributed by atoms with E-state index in [1.807, 2.05) is 0 Å². The average Bonchev–Trinajstić information content (AvgIpc) is 2.88. The van der Waals surface area contributed by atoms with E-state index < -0.39 is 0 Å².